The molecule has 3 aliphatic rings. The van der Waals surface area contributed by atoms with Crippen LogP contribution in [0.1, 0.15) is 80.3 Å². The van der Waals surface area contributed by atoms with Crippen LogP contribution in [0.4, 0.5) is 0 Å². The van der Waals surface area contributed by atoms with Gasteiger partial charge in [0.15, 0.2) is 0 Å². The Labute approximate surface area is 184 Å². The van der Waals surface area contributed by atoms with Gasteiger partial charge in [-0.2, -0.15) is 0 Å². The third kappa shape index (κ3) is 5.08. The van der Waals surface area contributed by atoms with Gasteiger partial charge >= 0.3 is 0 Å². The molecule has 7 heteroatoms. The Hall–Kier alpha value is -2.44. The van der Waals surface area contributed by atoms with E-state index in [0.717, 1.165) is 44.3 Å². The van der Waals surface area contributed by atoms with Gasteiger partial charge < -0.3 is 15.1 Å². The standard InChI is InChI=1S/C24H34N4O3/c1-2-11-28-16-19(14-22(28)29)24(31)27-12-9-17(10-13-27)21-8-7-18(15-25-21)23(30)26-20-5-3-4-6-20/h7-8,15,17,19-20H,2-6,9-14,16H2,1H3,(H,26,30)/t19-/m0/s1. The maximum Gasteiger partial charge on any atom is 0.253 e. The molecule has 0 aromatic carbocycles. The van der Waals surface area contributed by atoms with Crippen molar-refractivity contribution in [1.29, 1.82) is 0 Å². The number of hydrogen-bond donors (Lipinski definition) is 1. The zero-order chi connectivity index (χ0) is 21.8. The molecule has 1 aromatic rings. The number of rotatable bonds is 6. The molecule has 0 bridgehead atoms. The van der Waals surface area contributed by atoms with E-state index in [9.17, 15) is 14.4 Å². The number of hydrogen-bond acceptors (Lipinski definition) is 4. The molecule has 31 heavy (non-hydrogen) atoms. The zero-order valence-corrected chi connectivity index (χ0v) is 18.5. The monoisotopic (exact) mass is 426 g/mol. The van der Waals surface area contributed by atoms with E-state index in [1.54, 1.807) is 6.20 Å². The summed E-state index contributed by atoms with van der Waals surface area (Å²) in [6.45, 7) is 4.76. The van der Waals surface area contributed by atoms with E-state index in [2.05, 4.69) is 17.2 Å². The van der Waals surface area contributed by atoms with Crippen LogP contribution in [0.3, 0.4) is 0 Å². The van der Waals surface area contributed by atoms with Crippen LogP contribution in [-0.2, 0) is 9.59 Å². The summed E-state index contributed by atoms with van der Waals surface area (Å²) in [5.74, 6) is 0.312. The first-order valence-corrected chi connectivity index (χ1v) is 11.9. The summed E-state index contributed by atoms with van der Waals surface area (Å²) in [7, 11) is 0. The number of carbonyl (C=O) groups is 3. The quantitative estimate of drug-likeness (QED) is 0.758. The van der Waals surface area contributed by atoms with Crippen molar-refractivity contribution in [3.05, 3.63) is 29.6 Å². The fourth-order valence-electron chi connectivity index (χ4n) is 5.20. The van der Waals surface area contributed by atoms with Crippen molar-refractivity contribution in [2.75, 3.05) is 26.2 Å². The van der Waals surface area contributed by atoms with Crippen molar-refractivity contribution in [3.63, 3.8) is 0 Å². The summed E-state index contributed by atoms with van der Waals surface area (Å²) < 4.78 is 0. The average molecular weight is 427 g/mol. The molecule has 2 saturated heterocycles. The molecule has 1 aliphatic carbocycles. The first-order valence-electron chi connectivity index (χ1n) is 11.9. The van der Waals surface area contributed by atoms with Crippen LogP contribution in [0.2, 0.25) is 0 Å². The number of aromatic nitrogens is 1. The molecule has 168 valence electrons. The minimum absolute atomic E-state index is 0.0328. The van der Waals surface area contributed by atoms with Crippen LogP contribution in [0.5, 0.6) is 0 Å². The molecule has 1 atom stereocenters. The maximum atomic E-state index is 12.9. The molecule has 1 aromatic heterocycles. The predicted molar refractivity (Wildman–Crippen MR) is 117 cm³/mol. The summed E-state index contributed by atoms with van der Waals surface area (Å²) >= 11 is 0. The van der Waals surface area contributed by atoms with Gasteiger partial charge in [-0.05, 0) is 44.2 Å². The van der Waals surface area contributed by atoms with Crippen LogP contribution in [0, 0.1) is 5.92 Å². The second-order valence-electron chi connectivity index (χ2n) is 9.27. The molecular weight excluding hydrogens is 392 g/mol. The smallest absolute Gasteiger partial charge is 0.253 e. The molecule has 0 radical (unpaired) electrons. The lowest BCUT2D eigenvalue weighted by Gasteiger charge is -2.33. The lowest BCUT2D eigenvalue weighted by atomic mass is 9.92. The van der Waals surface area contributed by atoms with Crippen LogP contribution < -0.4 is 5.32 Å². The Morgan fingerprint density at radius 2 is 1.87 bits per heavy atom. The minimum atomic E-state index is -0.189. The Morgan fingerprint density at radius 3 is 2.52 bits per heavy atom. The van der Waals surface area contributed by atoms with Crippen LogP contribution in [0.25, 0.3) is 0 Å². The van der Waals surface area contributed by atoms with Gasteiger partial charge in [0.1, 0.15) is 0 Å². The summed E-state index contributed by atoms with van der Waals surface area (Å²) in [5.41, 5.74) is 1.61. The van der Waals surface area contributed by atoms with Gasteiger partial charge in [-0.3, -0.25) is 19.4 Å². The van der Waals surface area contributed by atoms with Crippen molar-refractivity contribution in [1.82, 2.24) is 20.1 Å². The van der Waals surface area contributed by atoms with Gasteiger partial charge in [-0.25, -0.2) is 0 Å². The van der Waals surface area contributed by atoms with E-state index < -0.39 is 0 Å². The summed E-state index contributed by atoms with van der Waals surface area (Å²) in [6.07, 6.45) is 9.22. The van der Waals surface area contributed by atoms with Crippen molar-refractivity contribution in [3.8, 4) is 0 Å². The second kappa shape index (κ2) is 9.79. The maximum absolute atomic E-state index is 12.9. The van der Waals surface area contributed by atoms with E-state index >= 15 is 0 Å². The highest BCUT2D eigenvalue weighted by atomic mass is 16.2. The largest absolute Gasteiger partial charge is 0.349 e. The highest BCUT2D eigenvalue weighted by Gasteiger charge is 2.37. The molecule has 1 N–H and O–H groups in total. The molecule has 7 nitrogen and oxygen atoms in total. The highest BCUT2D eigenvalue weighted by Crippen LogP contribution is 2.29. The molecule has 0 unspecified atom stereocenters. The molecular formula is C24H34N4O3. The molecule has 0 spiro atoms. The third-order valence-corrected chi connectivity index (χ3v) is 7.02. The fourth-order valence-corrected chi connectivity index (χ4v) is 5.20. The van der Waals surface area contributed by atoms with Gasteiger partial charge in [0, 0.05) is 56.5 Å². The lowest BCUT2D eigenvalue weighted by molar-refractivity contribution is -0.136. The average Bonchev–Trinajstić information content (AvgIpc) is 3.43. The molecule has 3 amide bonds. The number of piperidine rings is 1. The fraction of sp³-hybridized carbons (Fsp3) is 0.667. The zero-order valence-electron chi connectivity index (χ0n) is 18.5. The van der Waals surface area contributed by atoms with Gasteiger partial charge in [0.25, 0.3) is 5.91 Å². The summed E-state index contributed by atoms with van der Waals surface area (Å²) in [5, 5.41) is 3.10. The first kappa shape index (κ1) is 21.8. The molecule has 2 aliphatic heterocycles. The van der Waals surface area contributed by atoms with E-state index in [0.29, 0.717) is 43.6 Å². The molecule has 4 rings (SSSR count). The van der Waals surface area contributed by atoms with Gasteiger partial charge in [-0.1, -0.05) is 19.8 Å². The van der Waals surface area contributed by atoms with Crippen LogP contribution >= 0.6 is 0 Å². The lowest BCUT2D eigenvalue weighted by Crippen LogP contribution is -2.42. The number of likely N-dealkylation sites (tertiary alicyclic amines) is 2. The predicted octanol–water partition coefficient (Wildman–Crippen LogP) is 2.72. The van der Waals surface area contributed by atoms with Crippen molar-refractivity contribution < 1.29 is 14.4 Å². The number of nitrogens with zero attached hydrogens (tertiary/aromatic N) is 3. The number of pyridine rings is 1. The first-order chi connectivity index (χ1) is 15.0. The number of carbonyl (C=O) groups excluding carboxylic acids is 3. The van der Waals surface area contributed by atoms with E-state index in [1.807, 2.05) is 21.9 Å². The molecule has 1 saturated carbocycles. The van der Waals surface area contributed by atoms with Gasteiger partial charge in [-0.15, -0.1) is 0 Å². The number of nitrogens with one attached hydrogen (secondary N) is 1. The Balaban J connectivity index is 1.27. The van der Waals surface area contributed by atoms with Crippen LogP contribution in [-0.4, -0.2) is 64.7 Å². The Morgan fingerprint density at radius 1 is 1.13 bits per heavy atom. The van der Waals surface area contributed by atoms with E-state index in [-0.39, 0.29) is 23.6 Å². The molecule has 3 heterocycles. The Kier molecular flexibility index (Phi) is 6.88. The summed E-state index contributed by atoms with van der Waals surface area (Å²) in [4.78, 5) is 45.7. The van der Waals surface area contributed by atoms with Crippen molar-refractivity contribution in [2.24, 2.45) is 5.92 Å². The number of amides is 3. The van der Waals surface area contributed by atoms with Crippen molar-refractivity contribution >= 4 is 17.7 Å². The van der Waals surface area contributed by atoms with E-state index in [1.165, 1.54) is 12.8 Å². The normalized spacial score (nSPS) is 22.9. The summed E-state index contributed by atoms with van der Waals surface area (Å²) in [6, 6.07) is 4.14. The highest BCUT2D eigenvalue weighted by molar-refractivity contribution is 5.94. The third-order valence-electron chi connectivity index (χ3n) is 7.02. The Bertz CT molecular complexity index is 796. The SMILES string of the molecule is CCCN1C[C@@H](C(=O)N2CCC(c3ccc(C(=O)NC4CCCC4)cn3)CC2)CC1=O. The van der Waals surface area contributed by atoms with E-state index in [4.69, 9.17) is 0 Å². The van der Waals surface area contributed by atoms with Crippen molar-refractivity contribution in [2.45, 2.75) is 70.3 Å². The van der Waals surface area contributed by atoms with Gasteiger partial charge in [0.05, 0.1) is 11.5 Å². The minimum Gasteiger partial charge on any atom is -0.349 e. The van der Waals surface area contributed by atoms with Crippen LogP contribution in [0.15, 0.2) is 18.3 Å². The molecule has 3 fully saturated rings. The topological polar surface area (TPSA) is 82.6 Å². The van der Waals surface area contributed by atoms with Gasteiger partial charge in [0.2, 0.25) is 11.8 Å². The second-order valence-corrected chi connectivity index (χ2v) is 9.27.